The summed E-state index contributed by atoms with van der Waals surface area (Å²) in [5, 5.41) is -0.0636. The maximum absolute atomic E-state index is 12.5. The summed E-state index contributed by atoms with van der Waals surface area (Å²) in [4.78, 5) is 26.1. The first-order valence-corrected chi connectivity index (χ1v) is 9.22. The molecule has 0 atom stereocenters. The molecule has 0 bridgehead atoms. The highest BCUT2D eigenvalue weighted by Gasteiger charge is 2.22. The molecule has 5 nitrogen and oxygen atoms in total. The number of amides is 1. The van der Waals surface area contributed by atoms with Crippen LogP contribution in [0.5, 0.6) is 11.5 Å². The minimum absolute atomic E-state index is 0.0273. The quantitative estimate of drug-likeness (QED) is 0.467. The van der Waals surface area contributed by atoms with Crippen LogP contribution >= 0.6 is 11.6 Å². The van der Waals surface area contributed by atoms with Gasteiger partial charge in [-0.2, -0.15) is 8.78 Å². The van der Waals surface area contributed by atoms with Crippen molar-refractivity contribution in [2.24, 2.45) is 0 Å². The van der Waals surface area contributed by atoms with Crippen LogP contribution < -0.4 is 14.4 Å². The van der Waals surface area contributed by atoms with E-state index in [0.717, 1.165) is 6.42 Å². The standard InChI is InChI=1S/C21H18ClF2NO4/c1-28-18-11-13(10-16(22)20(18)29-21(23)24)7-8-17(26)14-4-2-5-15(12-14)25-9-3-6-19(25)27/h2,4-5,7-8,10-12,21H,3,6,9H2,1H3. The third-order valence-corrected chi connectivity index (χ3v) is 4.68. The van der Waals surface area contributed by atoms with Crippen molar-refractivity contribution in [3.05, 3.63) is 58.6 Å². The Morgan fingerprint density at radius 3 is 2.72 bits per heavy atom. The van der Waals surface area contributed by atoms with E-state index in [2.05, 4.69) is 4.74 Å². The molecule has 0 unspecified atom stereocenters. The van der Waals surface area contributed by atoms with Gasteiger partial charge in [0.1, 0.15) is 0 Å². The lowest BCUT2D eigenvalue weighted by molar-refractivity contribution is -0.117. The van der Waals surface area contributed by atoms with E-state index in [-0.39, 0.29) is 28.2 Å². The lowest BCUT2D eigenvalue weighted by Gasteiger charge is -2.16. The number of allylic oxidation sites excluding steroid dienone is 1. The second kappa shape index (κ2) is 9.05. The van der Waals surface area contributed by atoms with Crippen LogP contribution in [-0.4, -0.2) is 32.0 Å². The molecule has 2 aromatic rings. The summed E-state index contributed by atoms with van der Waals surface area (Å²) in [6, 6.07) is 9.67. The highest BCUT2D eigenvalue weighted by molar-refractivity contribution is 6.32. The molecule has 0 N–H and O–H groups in total. The molecule has 2 aromatic carbocycles. The molecule has 0 saturated carbocycles. The third-order valence-electron chi connectivity index (χ3n) is 4.40. The number of hydrogen-bond donors (Lipinski definition) is 0. The Bertz CT molecular complexity index is 962. The SMILES string of the molecule is COc1cc(C=CC(=O)c2cccc(N3CCCC3=O)c2)cc(Cl)c1OC(F)F. The van der Waals surface area contributed by atoms with E-state index in [9.17, 15) is 18.4 Å². The average Bonchev–Trinajstić information content (AvgIpc) is 3.13. The second-order valence-corrected chi connectivity index (χ2v) is 6.72. The number of methoxy groups -OCH3 is 1. The van der Waals surface area contributed by atoms with Crippen molar-refractivity contribution in [3.63, 3.8) is 0 Å². The van der Waals surface area contributed by atoms with Gasteiger partial charge in [-0.15, -0.1) is 0 Å². The first-order valence-electron chi connectivity index (χ1n) is 8.84. The fourth-order valence-electron chi connectivity index (χ4n) is 3.06. The Morgan fingerprint density at radius 1 is 1.28 bits per heavy atom. The van der Waals surface area contributed by atoms with Crippen molar-refractivity contribution in [1.82, 2.24) is 0 Å². The zero-order chi connectivity index (χ0) is 21.0. The normalized spacial score (nSPS) is 14.1. The average molecular weight is 422 g/mol. The van der Waals surface area contributed by atoms with Crippen molar-refractivity contribution in [3.8, 4) is 11.5 Å². The Kier molecular flexibility index (Phi) is 6.49. The van der Waals surface area contributed by atoms with Gasteiger partial charge in [0.05, 0.1) is 12.1 Å². The van der Waals surface area contributed by atoms with Crippen LogP contribution in [0.25, 0.3) is 6.08 Å². The molecule has 29 heavy (non-hydrogen) atoms. The number of benzene rings is 2. The number of ether oxygens (including phenoxy) is 2. The predicted octanol–water partition coefficient (Wildman–Crippen LogP) is 4.97. The second-order valence-electron chi connectivity index (χ2n) is 6.31. The van der Waals surface area contributed by atoms with E-state index >= 15 is 0 Å². The Balaban J connectivity index is 1.80. The van der Waals surface area contributed by atoms with Crippen molar-refractivity contribution in [2.75, 3.05) is 18.6 Å². The number of hydrogen-bond acceptors (Lipinski definition) is 4. The van der Waals surface area contributed by atoms with Crippen molar-refractivity contribution < 1.29 is 27.8 Å². The summed E-state index contributed by atoms with van der Waals surface area (Å²) >= 11 is 6.00. The third kappa shape index (κ3) is 4.92. The van der Waals surface area contributed by atoms with Gasteiger partial charge in [-0.3, -0.25) is 9.59 Å². The summed E-state index contributed by atoms with van der Waals surface area (Å²) in [6.45, 7) is -2.41. The van der Waals surface area contributed by atoms with Crippen LogP contribution in [0.4, 0.5) is 14.5 Å². The molecule has 3 rings (SSSR count). The van der Waals surface area contributed by atoms with Gasteiger partial charge < -0.3 is 14.4 Å². The van der Waals surface area contributed by atoms with Gasteiger partial charge in [0.2, 0.25) is 5.91 Å². The highest BCUT2D eigenvalue weighted by atomic mass is 35.5. The molecule has 1 fully saturated rings. The lowest BCUT2D eigenvalue weighted by atomic mass is 10.1. The minimum Gasteiger partial charge on any atom is -0.493 e. The van der Waals surface area contributed by atoms with Gasteiger partial charge in [0.25, 0.3) is 0 Å². The molecule has 1 heterocycles. The van der Waals surface area contributed by atoms with Crippen LogP contribution in [-0.2, 0) is 4.79 Å². The molecule has 1 aliphatic rings. The fourth-order valence-corrected chi connectivity index (χ4v) is 3.32. The van der Waals surface area contributed by atoms with Gasteiger partial charge in [-0.25, -0.2) is 0 Å². The van der Waals surface area contributed by atoms with Crippen LogP contribution in [0.1, 0.15) is 28.8 Å². The van der Waals surface area contributed by atoms with Crippen molar-refractivity contribution in [2.45, 2.75) is 19.5 Å². The molecule has 1 aliphatic heterocycles. The summed E-state index contributed by atoms with van der Waals surface area (Å²) in [7, 11) is 1.30. The van der Waals surface area contributed by atoms with Gasteiger partial charge in [-0.1, -0.05) is 29.8 Å². The number of anilines is 1. The molecule has 0 aromatic heterocycles. The molecule has 8 heteroatoms. The molecule has 1 amide bonds. The first-order chi connectivity index (χ1) is 13.9. The summed E-state index contributed by atoms with van der Waals surface area (Å²) in [5.74, 6) is -0.477. The monoisotopic (exact) mass is 421 g/mol. The van der Waals surface area contributed by atoms with E-state index in [1.165, 1.54) is 31.4 Å². The van der Waals surface area contributed by atoms with Crippen LogP contribution in [0, 0.1) is 0 Å². The number of alkyl halides is 2. The molecule has 1 saturated heterocycles. The molecular weight excluding hydrogens is 404 g/mol. The number of carbonyl (C=O) groups excluding carboxylic acids is 2. The largest absolute Gasteiger partial charge is 0.493 e. The van der Waals surface area contributed by atoms with E-state index in [0.29, 0.717) is 29.8 Å². The van der Waals surface area contributed by atoms with Gasteiger partial charge in [0, 0.05) is 24.2 Å². The zero-order valence-electron chi connectivity index (χ0n) is 15.5. The van der Waals surface area contributed by atoms with Gasteiger partial charge in [-0.05, 0) is 42.3 Å². The number of ketones is 1. The summed E-state index contributed by atoms with van der Waals surface area (Å²) in [6.07, 6.45) is 4.14. The Labute approximate surface area is 171 Å². The van der Waals surface area contributed by atoms with E-state index in [4.69, 9.17) is 16.3 Å². The molecular formula is C21H18ClF2NO4. The molecule has 0 aliphatic carbocycles. The first kappa shape index (κ1) is 20.8. The molecule has 0 radical (unpaired) electrons. The topological polar surface area (TPSA) is 55.8 Å². The summed E-state index contributed by atoms with van der Waals surface area (Å²) in [5.41, 5.74) is 1.59. The predicted molar refractivity (Wildman–Crippen MR) is 106 cm³/mol. The maximum atomic E-state index is 12.5. The zero-order valence-corrected chi connectivity index (χ0v) is 16.3. The van der Waals surface area contributed by atoms with Crippen LogP contribution in [0.3, 0.4) is 0 Å². The fraction of sp³-hybridized carbons (Fsp3) is 0.238. The Morgan fingerprint density at radius 2 is 2.07 bits per heavy atom. The smallest absolute Gasteiger partial charge is 0.387 e. The number of nitrogens with zero attached hydrogens (tertiary/aromatic N) is 1. The number of rotatable bonds is 7. The van der Waals surface area contributed by atoms with Crippen LogP contribution in [0.2, 0.25) is 5.02 Å². The maximum Gasteiger partial charge on any atom is 0.387 e. The van der Waals surface area contributed by atoms with E-state index in [1.807, 2.05) is 0 Å². The minimum atomic E-state index is -3.04. The van der Waals surface area contributed by atoms with Crippen LogP contribution in [0.15, 0.2) is 42.5 Å². The molecule has 0 spiro atoms. The van der Waals surface area contributed by atoms with Gasteiger partial charge >= 0.3 is 6.61 Å². The summed E-state index contributed by atoms with van der Waals surface area (Å²) < 4.78 is 34.4. The van der Waals surface area contributed by atoms with Crippen molar-refractivity contribution >= 4 is 35.1 Å². The van der Waals surface area contributed by atoms with E-state index < -0.39 is 6.61 Å². The lowest BCUT2D eigenvalue weighted by Crippen LogP contribution is -2.23. The van der Waals surface area contributed by atoms with E-state index in [1.54, 1.807) is 29.2 Å². The number of carbonyl (C=O) groups is 2. The van der Waals surface area contributed by atoms with Gasteiger partial charge in [0.15, 0.2) is 17.3 Å². The highest BCUT2D eigenvalue weighted by Crippen LogP contribution is 2.37. The number of halogens is 3. The molecule has 152 valence electrons. The Hall–Kier alpha value is -2.93. The van der Waals surface area contributed by atoms with Crippen molar-refractivity contribution in [1.29, 1.82) is 0 Å².